The molecule has 3 heterocycles. The molecular weight excluding hydrogens is 482 g/mol. The van der Waals surface area contributed by atoms with Crippen LogP contribution in [0.5, 0.6) is 0 Å². The van der Waals surface area contributed by atoms with Crippen LogP contribution in [0.15, 0.2) is 53.5 Å². The molecule has 1 aliphatic heterocycles. The highest BCUT2D eigenvalue weighted by Gasteiger charge is 2.30. The van der Waals surface area contributed by atoms with E-state index in [4.69, 9.17) is 21.3 Å². The number of aliphatic hydroxyl groups excluding tert-OH is 1. The number of fused-ring (bicyclic) bond motifs is 1. The van der Waals surface area contributed by atoms with Crippen LogP contribution >= 0.6 is 11.6 Å². The van der Waals surface area contributed by atoms with Gasteiger partial charge < -0.3 is 35.1 Å². The van der Waals surface area contributed by atoms with Crippen LogP contribution in [0.2, 0.25) is 5.02 Å². The molecule has 2 aromatic heterocycles. The molecule has 0 spiro atoms. The number of imidazole rings is 1. The van der Waals surface area contributed by atoms with Gasteiger partial charge >= 0.3 is 0 Å². The van der Waals surface area contributed by atoms with Gasteiger partial charge in [-0.3, -0.25) is 4.79 Å². The highest BCUT2D eigenvalue weighted by molar-refractivity contribution is 6.30. The van der Waals surface area contributed by atoms with Crippen LogP contribution in [0, 0.1) is 6.92 Å². The molecule has 1 aliphatic rings. The Labute approximate surface area is 212 Å². The van der Waals surface area contributed by atoms with Crippen molar-refractivity contribution in [2.45, 2.75) is 25.7 Å². The molecule has 0 bridgehead atoms. The number of aromatic amines is 2. The van der Waals surface area contributed by atoms with E-state index in [1.165, 1.54) is 0 Å². The number of hydrogen-bond acceptors (Lipinski definition) is 7. The monoisotopic (exact) mass is 509 g/mol. The topological polar surface area (TPSA) is 126 Å². The smallest absolute Gasteiger partial charge is 0.261 e. The van der Waals surface area contributed by atoms with E-state index < -0.39 is 11.9 Å². The number of nitrogens with zero attached hydrogens (tertiary/aromatic N) is 2. The molecule has 1 fully saturated rings. The second kappa shape index (κ2) is 9.59. The minimum Gasteiger partial charge on any atom is -0.387 e. The fraction of sp³-hybridized carbons (Fsp3) is 0.308. The van der Waals surface area contributed by atoms with Gasteiger partial charge in [-0.15, -0.1) is 0 Å². The van der Waals surface area contributed by atoms with Crippen LogP contribution < -0.4 is 15.8 Å². The Kier molecular flexibility index (Phi) is 6.48. The molecule has 188 valence electrons. The maximum atomic E-state index is 12.9. The maximum Gasteiger partial charge on any atom is 0.261 e. The number of ether oxygens (including phenoxy) is 1. The summed E-state index contributed by atoms with van der Waals surface area (Å²) in [4.78, 5) is 25.7. The second-order valence-corrected chi connectivity index (χ2v) is 9.67. The lowest BCUT2D eigenvalue weighted by Crippen LogP contribution is -2.50. The zero-order valence-electron chi connectivity index (χ0n) is 20.0. The minimum atomic E-state index is -1.21. The summed E-state index contributed by atoms with van der Waals surface area (Å²) in [5.74, 6) is -0.797. The van der Waals surface area contributed by atoms with Crippen molar-refractivity contribution in [2.75, 3.05) is 36.5 Å². The van der Waals surface area contributed by atoms with Gasteiger partial charge in [0.05, 0.1) is 36.0 Å². The van der Waals surface area contributed by atoms with E-state index >= 15 is 0 Å². The number of morpholine rings is 1. The number of nitrogens with one attached hydrogen (secondary N) is 3. The number of benzene rings is 2. The van der Waals surface area contributed by atoms with Gasteiger partial charge in [0.2, 0.25) is 0 Å². The Hall–Kier alpha value is -3.37. The lowest BCUT2D eigenvalue weighted by atomic mass is 10.1. The summed E-state index contributed by atoms with van der Waals surface area (Å²) in [6.45, 7) is 5.22. The number of β-amino-alcohol motifs (C(OH)–C–C–N with tert-alkyl or cyclic N) is 1. The van der Waals surface area contributed by atoms with Crippen LogP contribution in [-0.2, 0) is 4.74 Å². The van der Waals surface area contributed by atoms with E-state index in [-0.39, 0.29) is 12.1 Å². The molecule has 5 rings (SSSR count). The fourth-order valence-corrected chi connectivity index (χ4v) is 4.75. The van der Waals surface area contributed by atoms with Crippen LogP contribution in [0.25, 0.3) is 22.4 Å². The number of halogens is 1. The SMILES string of the molecule is Cc1cc(N2CCO[C@](C)(O)C2)cc2[nH]c(-c3c(NC[C@@H](O)c4cccc(Cl)c4)cc[nH]c3=O)nc12. The quantitative estimate of drug-likeness (QED) is 0.269. The number of aliphatic hydroxyl groups is 2. The lowest BCUT2D eigenvalue weighted by molar-refractivity contribution is -0.193. The zero-order valence-corrected chi connectivity index (χ0v) is 20.8. The predicted octanol–water partition coefficient (Wildman–Crippen LogP) is 3.57. The van der Waals surface area contributed by atoms with Crippen LogP contribution in [0.3, 0.4) is 0 Å². The summed E-state index contributed by atoms with van der Waals surface area (Å²) in [6.07, 6.45) is 0.734. The van der Waals surface area contributed by atoms with E-state index in [2.05, 4.69) is 20.2 Å². The van der Waals surface area contributed by atoms with Crippen molar-refractivity contribution in [1.29, 1.82) is 0 Å². The molecule has 36 heavy (non-hydrogen) atoms. The Balaban J connectivity index is 1.45. The van der Waals surface area contributed by atoms with E-state index in [1.807, 2.05) is 19.1 Å². The molecule has 5 N–H and O–H groups in total. The number of aromatic nitrogens is 3. The molecule has 0 unspecified atom stereocenters. The van der Waals surface area contributed by atoms with Crippen molar-refractivity contribution in [2.24, 2.45) is 0 Å². The third kappa shape index (κ3) is 4.96. The van der Waals surface area contributed by atoms with Gasteiger partial charge in [0.15, 0.2) is 5.79 Å². The number of aryl methyl sites for hydroxylation is 1. The van der Waals surface area contributed by atoms with Gasteiger partial charge in [0, 0.05) is 30.0 Å². The summed E-state index contributed by atoms with van der Waals surface area (Å²) < 4.78 is 5.42. The van der Waals surface area contributed by atoms with E-state index in [0.717, 1.165) is 22.3 Å². The minimum absolute atomic E-state index is 0.178. The predicted molar refractivity (Wildman–Crippen MR) is 141 cm³/mol. The van der Waals surface area contributed by atoms with Crippen LogP contribution in [0.4, 0.5) is 11.4 Å². The van der Waals surface area contributed by atoms with E-state index in [1.54, 1.807) is 43.5 Å². The first-order valence-corrected chi connectivity index (χ1v) is 12.1. The first-order valence-electron chi connectivity index (χ1n) is 11.7. The van der Waals surface area contributed by atoms with Crippen molar-refractivity contribution < 1.29 is 14.9 Å². The number of anilines is 2. The Morgan fingerprint density at radius 1 is 1.31 bits per heavy atom. The lowest BCUT2D eigenvalue weighted by Gasteiger charge is -2.38. The number of H-pyrrole nitrogens is 2. The highest BCUT2D eigenvalue weighted by atomic mass is 35.5. The largest absolute Gasteiger partial charge is 0.387 e. The molecule has 4 aromatic rings. The number of rotatable bonds is 6. The van der Waals surface area contributed by atoms with Gasteiger partial charge in [-0.25, -0.2) is 4.98 Å². The molecule has 0 amide bonds. The highest BCUT2D eigenvalue weighted by Crippen LogP contribution is 2.31. The second-order valence-electron chi connectivity index (χ2n) is 9.24. The standard InChI is InChI=1S/C26H28ClN5O4/c1-15-10-18(32-8-9-36-26(2,35)14-32)12-20-23(15)31-24(30-20)22-19(6-7-28-25(22)34)29-13-21(33)16-4-3-5-17(27)11-16/h3-7,10-12,21,33,35H,8-9,13-14H2,1-2H3,(H,30,31)(H2,28,29,34)/t21-,26+/m1/s1. The first kappa shape index (κ1) is 24.3. The van der Waals surface area contributed by atoms with Crippen molar-refractivity contribution in [1.82, 2.24) is 15.0 Å². The summed E-state index contributed by atoms with van der Waals surface area (Å²) in [7, 11) is 0. The molecule has 0 saturated carbocycles. The average Bonchev–Trinajstić information content (AvgIpc) is 3.26. The Morgan fingerprint density at radius 2 is 2.14 bits per heavy atom. The van der Waals surface area contributed by atoms with E-state index in [0.29, 0.717) is 47.4 Å². The van der Waals surface area contributed by atoms with Gasteiger partial charge in [-0.1, -0.05) is 23.7 Å². The molecule has 10 heteroatoms. The summed E-state index contributed by atoms with van der Waals surface area (Å²) in [5.41, 5.74) is 4.66. The third-order valence-corrected chi connectivity index (χ3v) is 6.54. The van der Waals surface area contributed by atoms with Gasteiger partial charge in [-0.2, -0.15) is 0 Å². The van der Waals surface area contributed by atoms with Gasteiger partial charge in [-0.05, 0) is 55.3 Å². The third-order valence-electron chi connectivity index (χ3n) is 6.30. The average molecular weight is 510 g/mol. The van der Waals surface area contributed by atoms with Crippen molar-refractivity contribution in [3.05, 3.63) is 75.2 Å². The molecule has 2 atom stereocenters. The fourth-order valence-electron chi connectivity index (χ4n) is 4.55. The van der Waals surface area contributed by atoms with Crippen molar-refractivity contribution in [3.63, 3.8) is 0 Å². The summed E-state index contributed by atoms with van der Waals surface area (Å²) >= 11 is 6.05. The van der Waals surface area contributed by atoms with Gasteiger partial charge in [0.25, 0.3) is 5.56 Å². The van der Waals surface area contributed by atoms with Crippen LogP contribution in [-0.4, -0.2) is 57.2 Å². The molecule has 9 nitrogen and oxygen atoms in total. The normalized spacial score (nSPS) is 19.0. The van der Waals surface area contributed by atoms with Crippen molar-refractivity contribution in [3.8, 4) is 11.4 Å². The van der Waals surface area contributed by atoms with Crippen LogP contribution in [0.1, 0.15) is 24.2 Å². The first-order chi connectivity index (χ1) is 17.2. The Morgan fingerprint density at radius 3 is 2.92 bits per heavy atom. The summed E-state index contributed by atoms with van der Waals surface area (Å²) in [6, 6.07) is 12.8. The summed E-state index contributed by atoms with van der Waals surface area (Å²) in [5, 5.41) is 24.7. The molecule has 1 saturated heterocycles. The number of pyridine rings is 1. The molecule has 0 aliphatic carbocycles. The molecular formula is C26H28ClN5O4. The Bertz CT molecular complexity index is 1460. The number of hydrogen-bond donors (Lipinski definition) is 5. The zero-order chi connectivity index (χ0) is 25.4. The van der Waals surface area contributed by atoms with E-state index in [9.17, 15) is 15.0 Å². The van der Waals surface area contributed by atoms with Gasteiger partial charge in [0.1, 0.15) is 11.4 Å². The maximum absolute atomic E-state index is 12.9. The molecule has 0 radical (unpaired) electrons. The van der Waals surface area contributed by atoms with Crippen molar-refractivity contribution >= 4 is 34.0 Å². The molecule has 2 aromatic carbocycles.